The lowest BCUT2D eigenvalue weighted by Crippen LogP contribution is -2.15. The maximum absolute atomic E-state index is 12.1. The lowest BCUT2D eigenvalue weighted by Gasteiger charge is -2.03. The minimum atomic E-state index is -0.0609. The van der Waals surface area contributed by atoms with Gasteiger partial charge in [0.2, 0.25) is 0 Å². The van der Waals surface area contributed by atoms with Gasteiger partial charge in [0.05, 0.1) is 11.3 Å². The largest absolute Gasteiger partial charge is 0.295 e. The summed E-state index contributed by atoms with van der Waals surface area (Å²) in [6.07, 6.45) is 7.21. The van der Waals surface area contributed by atoms with Gasteiger partial charge in [0.15, 0.2) is 0 Å². The first-order chi connectivity index (χ1) is 11.1. The molecule has 1 aromatic rings. The summed E-state index contributed by atoms with van der Waals surface area (Å²) in [5.74, 6) is 0. The van der Waals surface area contributed by atoms with Crippen molar-refractivity contribution < 1.29 is 0 Å². The van der Waals surface area contributed by atoms with Crippen LogP contribution in [-0.4, -0.2) is 9.78 Å². The highest BCUT2D eigenvalue weighted by Gasteiger charge is 2.14. The van der Waals surface area contributed by atoms with Crippen LogP contribution in [0.5, 0.6) is 0 Å². The number of H-pyrrole nitrogens is 1. The molecule has 0 amide bonds. The molecule has 1 rings (SSSR count). The highest BCUT2D eigenvalue weighted by Crippen LogP contribution is 2.21. The van der Waals surface area contributed by atoms with Crippen molar-refractivity contribution in [3.8, 4) is 0 Å². The van der Waals surface area contributed by atoms with Gasteiger partial charge in [-0.05, 0) is 31.1 Å². The number of nitrogens with one attached hydrogen (secondary N) is 1. The number of aryl methyl sites for hydroxylation is 1. The summed E-state index contributed by atoms with van der Waals surface area (Å²) in [6.45, 7) is 23.3. The molecule has 0 aliphatic carbocycles. The Kier molecular flexibility index (Phi) is 18.4. The van der Waals surface area contributed by atoms with E-state index in [-0.39, 0.29) is 5.56 Å². The zero-order valence-electron chi connectivity index (χ0n) is 16.6. The third-order valence-corrected chi connectivity index (χ3v) is 2.61. The fraction of sp³-hybridized carbons (Fsp3) is 0.450. The van der Waals surface area contributed by atoms with Crippen LogP contribution in [0.3, 0.4) is 0 Å². The van der Waals surface area contributed by atoms with Crippen LogP contribution >= 0.6 is 0 Å². The zero-order chi connectivity index (χ0) is 19.0. The third kappa shape index (κ3) is 7.68. The monoisotopic (exact) mass is 320 g/mol. The first-order valence-corrected chi connectivity index (χ1v) is 8.44. The Hall–Kier alpha value is -2.03. The Morgan fingerprint density at radius 2 is 1.57 bits per heavy atom. The molecule has 0 aromatic carbocycles. The van der Waals surface area contributed by atoms with Crippen molar-refractivity contribution in [2.45, 2.75) is 55.4 Å². The van der Waals surface area contributed by atoms with E-state index in [4.69, 9.17) is 0 Å². The Balaban J connectivity index is -0.000000595. The lowest BCUT2D eigenvalue weighted by atomic mass is 10.0. The summed E-state index contributed by atoms with van der Waals surface area (Å²) in [4.78, 5) is 12.1. The first kappa shape index (κ1) is 25.9. The molecule has 23 heavy (non-hydrogen) atoms. The van der Waals surface area contributed by atoms with Crippen molar-refractivity contribution in [3.63, 3.8) is 0 Å². The van der Waals surface area contributed by atoms with Crippen molar-refractivity contribution in [1.29, 1.82) is 0 Å². The van der Waals surface area contributed by atoms with E-state index in [1.807, 2.05) is 67.5 Å². The molecule has 3 heteroatoms. The minimum absolute atomic E-state index is 0.0609. The second-order valence-electron chi connectivity index (χ2n) is 3.77. The van der Waals surface area contributed by atoms with Crippen LogP contribution in [0.2, 0.25) is 0 Å². The van der Waals surface area contributed by atoms with E-state index in [9.17, 15) is 4.79 Å². The second-order valence-corrected chi connectivity index (χ2v) is 3.77. The van der Waals surface area contributed by atoms with E-state index in [1.54, 1.807) is 19.2 Å². The van der Waals surface area contributed by atoms with Gasteiger partial charge in [-0.2, -0.15) is 0 Å². The predicted octanol–water partition coefficient (Wildman–Crippen LogP) is 5.97. The summed E-state index contributed by atoms with van der Waals surface area (Å²) in [5, 5.41) is 2.96. The molecule has 0 aliphatic heterocycles. The summed E-state index contributed by atoms with van der Waals surface area (Å²) in [7, 11) is 1.69. The molecule has 0 aliphatic rings. The van der Waals surface area contributed by atoms with Crippen molar-refractivity contribution >= 4 is 11.6 Å². The maximum atomic E-state index is 12.1. The molecule has 0 spiro atoms. The smallest absolute Gasteiger partial charge is 0.274 e. The van der Waals surface area contributed by atoms with Crippen molar-refractivity contribution in [2.75, 3.05) is 0 Å². The molecule has 0 bridgehead atoms. The number of allylic oxidation sites excluding steroid dienone is 5. The van der Waals surface area contributed by atoms with Crippen molar-refractivity contribution in [2.24, 2.45) is 7.05 Å². The average Bonchev–Trinajstić information content (AvgIpc) is 2.91. The summed E-state index contributed by atoms with van der Waals surface area (Å²) >= 11 is 0. The van der Waals surface area contributed by atoms with E-state index < -0.39 is 0 Å². The molecule has 3 nitrogen and oxygen atoms in total. The molecular formula is C20H36N2O. The van der Waals surface area contributed by atoms with Crippen LogP contribution < -0.4 is 5.56 Å². The maximum Gasteiger partial charge on any atom is 0.274 e. The minimum Gasteiger partial charge on any atom is -0.295 e. The summed E-state index contributed by atoms with van der Waals surface area (Å²) < 4.78 is 1.45. The average molecular weight is 321 g/mol. The van der Waals surface area contributed by atoms with Gasteiger partial charge in [0.1, 0.15) is 0 Å². The Morgan fingerprint density at radius 1 is 1.09 bits per heavy atom. The Labute approximate surface area is 143 Å². The summed E-state index contributed by atoms with van der Waals surface area (Å²) in [5.41, 5.74) is 3.14. The quantitative estimate of drug-likeness (QED) is 0.682. The fourth-order valence-corrected chi connectivity index (χ4v) is 1.67. The molecular weight excluding hydrogens is 284 g/mol. The molecule has 0 atom stereocenters. The van der Waals surface area contributed by atoms with Gasteiger partial charge >= 0.3 is 0 Å². The van der Waals surface area contributed by atoms with E-state index in [0.29, 0.717) is 5.56 Å². The topological polar surface area (TPSA) is 37.8 Å². The van der Waals surface area contributed by atoms with Crippen molar-refractivity contribution in [1.82, 2.24) is 9.78 Å². The molecule has 1 aromatic heterocycles. The highest BCUT2D eigenvalue weighted by molar-refractivity contribution is 5.81. The highest BCUT2D eigenvalue weighted by atomic mass is 16.1. The molecule has 132 valence electrons. The number of aromatic nitrogens is 2. The van der Waals surface area contributed by atoms with Crippen molar-refractivity contribution in [3.05, 3.63) is 58.6 Å². The molecule has 0 unspecified atom stereocenters. The van der Waals surface area contributed by atoms with Crippen LogP contribution in [0.1, 0.15) is 66.6 Å². The fourth-order valence-electron chi connectivity index (χ4n) is 1.67. The standard InChI is InChI=1S/C14H18N2O.3C2H6/c1-6-9-11(10(4)7-2)13-12(8-3)15-16(5)14(13)17;3*1-2/h6-9,15H,2-3H2,1,4-5H3;3*1-2H3/b9-6-,11-10+;;;. The number of rotatable bonds is 4. The predicted molar refractivity (Wildman–Crippen MR) is 108 cm³/mol. The number of hydrogen-bond donors (Lipinski definition) is 1. The van der Waals surface area contributed by atoms with Gasteiger partial charge in [-0.1, -0.05) is 72.9 Å². The molecule has 0 radical (unpaired) electrons. The van der Waals surface area contributed by atoms with Crippen LogP contribution in [0.25, 0.3) is 11.6 Å². The van der Waals surface area contributed by atoms with Crippen LogP contribution in [0, 0.1) is 0 Å². The van der Waals surface area contributed by atoms with Gasteiger partial charge in [-0.3, -0.25) is 14.6 Å². The number of nitrogens with zero attached hydrogens (tertiary/aromatic N) is 1. The molecule has 0 saturated heterocycles. The van der Waals surface area contributed by atoms with Crippen LogP contribution in [0.15, 0.2) is 41.8 Å². The Morgan fingerprint density at radius 3 is 1.91 bits per heavy atom. The van der Waals surface area contributed by atoms with E-state index in [1.165, 1.54) is 4.68 Å². The molecule has 1 heterocycles. The molecule has 0 fully saturated rings. The van der Waals surface area contributed by atoms with E-state index in [0.717, 1.165) is 16.8 Å². The zero-order valence-corrected chi connectivity index (χ0v) is 16.6. The first-order valence-electron chi connectivity index (χ1n) is 8.44. The van der Waals surface area contributed by atoms with Gasteiger partial charge in [-0.25, -0.2) is 0 Å². The third-order valence-electron chi connectivity index (χ3n) is 2.61. The van der Waals surface area contributed by atoms with Crippen LogP contribution in [0.4, 0.5) is 0 Å². The molecule has 0 saturated carbocycles. The van der Waals surface area contributed by atoms with Gasteiger partial charge in [0, 0.05) is 7.05 Å². The van der Waals surface area contributed by atoms with Gasteiger partial charge in [-0.15, -0.1) is 0 Å². The number of hydrogen-bond acceptors (Lipinski definition) is 1. The summed E-state index contributed by atoms with van der Waals surface area (Å²) in [6, 6.07) is 0. The van der Waals surface area contributed by atoms with E-state index >= 15 is 0 Å². The van der Waals surface area contributed by atoms with Gasteiger partial charge < -0.3 is 0 Å². The lowest BCUT2D eigenvalue weighted by molar-refractivity contribution is 0.737. The van der Waals surface area contributed by atoms with Crippen LogP contribution in [-0.2, 0) is 7.05 Å². The van der Waals surface area contributed by atoms with E-state index in [2.05, 4.69) is 18.3 Å². The van der Waals surface area contributed by atoms with Gasteiger partial charge in [0.25, 0.3) is 5.56 Å². The Bertz CT molecular complexity index is 555. The SMILES string of the molecule is C=C/C(C)=C(\C=C/C)c1c(C=C)[nH]n(C)c1=O.CC.CC.CC. The normalized spacial score (nSPS) is 10.1. The number of aromatic amines is 1. The molecule has 1 N–H and O–H groups in total. The second kappa shape index (κ2) is 16.3.